The van der Waals surface area contributed by atoms with E-state index in [4.69, 9.17) is 4.74 Å². The van der Waals surface area contributed by atoms with Crippen molar-refractivity contribution in [1.82, 2.24) is 4.98 Å². The van der Waals surface area contributed by atoms with Gasteiger partial charge in [0, 0.05) is 11.1 Å². The Morgan fingerprint density at radius 2 is 1.77 bits per heavy atom. The normalized spacial score (nSPS) is 10.8. The molecular formula is C19H19NOS. The largest absolute Gasteiger partial charge is 0.494 e. The van der Waals surface area contributed by atoms with Crippen molar-refractivity contribution >= 4 is 22.7 Å². The van der Waals surface area contributed by atoms with Gasteiger partial charge in [0.05, 0.1) is 17.1 Å². The number of rotatable bonds is 6. The van der Waals surface area contributed by atoms with Crippen molar-refractivity contribution in [2.45, 2.75) is 18.4 Å². The van der Waals surface area contributed by atoms with Gasteiger partial charge in [-0.25, -0.2) is 4.98 Å². The fourth-order valence-electron chi connectivity index (χ4n) is 2.19. The molecule has 0 aliphatic heterocycles. The van der Waals surface area contributed by atoms with Crippen LogP contribution in [0.4, 0.5) is 0 Å². The number of aryl methyl sites for hydroxylation is 1. The minimum absolute atomic E-state index is 0.740. The molecule has 0 amide bonds. The van der Waals surface area contributed by atoms with Crippen molar-refractivity contribution in [3.05, 3.63) is 66.2 Å². The first-order valence-corrected chi connectivity index (χ1v) is 8.48. The summed E-state index contributed by atoms with van der Waals surface area (Å²) < 4.78 is 5.74. The molecule has 3 rings (SSSR count). The smallest absolute Gasteiger partial charge is 0.119 e. The van der Waals surface area contributed by atoms with E-state index in [2.05, 4.69) is 48.3 Å². The van der Waals surface area contributed by atoms with E-state index in [1.807, 2.05) is 24.3 Å². The second kappa shape index (κ2) is 7.32. The van der Waals surface area contributed by atoms with Crippen molar-refractivity contribution in [1.29, 1.82) is 0 Å². The molecule has 3 heteroatoms. The van der Waals surface area contributed by atoms with Crippen LogP contribution in [0.25, 0.3) is 10.9 Å². The van der Waals surface area contributed by atoms with E-state index in [-0.39, 0.29) is 0 Å². The number of benzene rings is 2. The van der Waals surface area contributed by atoms with E-state index in [0.29, 0.717) is 0 Å². The van der Waals surface area contributed by atoms with Gasteiger partial charge in [-0.2, -0.15) is 0 Å². The Labute approximate surface area is 135 Å². The number of pyridine rings is 1. The lowest BCUT2D eigenvalue weighted by Gasteiger charge is -2.06. The van der Waals surface area contributed by atoms with Gasteiger partial charge < -0.3 is 4.74 Å². The highest BCUT2D eigenvalue weighted by Gasteiger charge is 1.99. The molecule has 3 aromatic rings. The lowest BCUT2D eigenvalue weighted by Crippen LogP contribution is -1.98. The van der Waals surface area contributed by atoms with Crippen LogP contribution >= 0.6 is 11.8 Å². The number of para-hydroxylation sites is 1. The van der Waals surface area contributed by atoms with Crippen LogP contribution in [-0.4, -0.2) is 17.3 Å². The first kappa shape index (κ1) is 14.9. The molecule has 22 heavy (non-hydrogen) atoms. The van der Waals surface area contributed by atoms with Crippen molar-refractivity contribution in [2.24, 2.45) is 0 Å². The average molecular weight is 309 g/mol. The van der Waals surface area contributed by atoms with Crippen LogP contribution < -0.4 is 4.74 Å². The Morgan fingerprint density at radius 1 is 0.955 bits per heavy atom. The van der Waals surface area contributed by atoms with E-state index in [1.165, 1.54) is 10.9 Å². The molecule has 1 heterocycles. The van der Waals surface area contributed by atoms with E-state index in [0.717, 1.165) is 35.1 Å². The highest BCUT2D eigenvalue weighted by Crippen LogP contribution is 2.20. The first-order valence-electron chi connectivity index (χ1n) is 7.49. The van der Waals surface area contributed by atoms with Crippen molar-refractivity contribution in [2.75, 3.05) is 12.4 Å². The maximum atomic E-state index is 5.74. The molecule has 2 nitrogen and oxygen atoms in total. The molecular weight excluding hydrogens is 290 g/mol. The van der Waals surface area contributed by atoms with Gasteiger partial charge in [0.1, 0.15) is 5.75 Å². The number of hydrogen-bond acceptors (Lipinski definition) is 3. The average Bonchev–Trinajstić information content (AvgIpc) is 2.56. The van der Waals surface area contributed by atoms with E-state index in [9.17, 15) is 0 Å². The summed E-state index contributed by atoms with van der Waals surface area (Å²) in [6.45, 7) is 2.82. The number of fused-ring (bicyclic) bond motifs is 1. The fraction of sp³-hybridized carbons (Fsp3) is 0.211. The Bertz CT molecular complexity index is 740. The molecule has 0 spiro atoms. The highest BCUT2D eigenvalue weighted by atomic mass is 32.2. The van der Waals surface area contributed by atoms with Crippen LogP contribution in [0.5, 0.6) is 5.75 Å². The summed E-state index contributed by atoms with van der Waals surface area (Å²) in [7, 11) is 0. The summed E-state index contributed by atoms with van der Waals surface area (Å²) in [6.07, 6.45) is 1.01. The number of nitrogens with zero attached hydrogens (tertiary/aromatic N) is 1. The van der Waals surface area contributed by atoms with Gasteiger partial charge in [-0.15, -0.1) is 11.8 Å². The minimum atomic E-state index is 0.740. The van der Waals surface area contributed by atoms with E-state index < -0.39 is 0 Å². The van der Waals surface area contributed by atoms with Crippen molar-refractivity contribution in [3.63, 3.8) is 0 Å². The zero-order valence-corrected chi connectivity index (χ0v) is 13.5. The predicted molar refractivity (Wildman–Crippen MR) is 93.8 cm³/mol. The standard InChI is InChI=1S/C19H19NOS/c1-15-7-10-17(11-8-15)21-13-4-14-22-19-12-9-16-5-2-3-6-18(16)20-19/h2-3,5-12H,4,13-14H2,1H3. The van der Waals surface area contributed by atoms with Crippen LogP contribution in [0.15, 0.2) is 65.7 Å². The molecule has 0 atom stereocenters. The highest BCUT2D eigenvalue weighted by molar-refractivity contribution is 7.99. The lowest BCUT2D eigenvalue weighted by molar-refractivity contribution is 0.318. The molecule has 0 bridgehead atoms. The monoisotopic (exact) mass is 309 g/mol. The molecule has 0 unspecified atom stereocenters. The van der Waals surface area contributed by atoms with Gasteiger partial charge in [0.25, 0.3) is 0 Å². The summed E-state index contributed by atoms with van der Waals surface area (Å²) in [5, 5.41) is 2.27. The van der Waals surface area contributed by atoms with Crippen LogP contribution in [0.3, 0.4) is 0 Å². The number of ether oxygens (including phenoxy) is 1. The first-order chi connectivity index (χ1) is 10.8. The topological polar surface area (TPSA) is 22.1 Å². The number of thioether (sulfide) groups is 1. The Balaban J connectivity index is 1.45. The number of hydrogen-bond donors (Lipinski definition) is 0. The molecule has 1 aromatic heterocycles. The van der Waals surface area contributed by atoms with Crippen LogP contribution in [-0.2, 0) is 0 Å². The second-order valence-corrected chi connectivity index (χ2v) is 6.32. The van der Waals surface area contributed by atoms with Gasteiger partial charge in [-0.05, 0) is 37.6 Å². The van der Waals surface area contributed by atoms with Gasteiger partial charge in [0.2, 0.25) is 0 Å². The van der Waals surface area contributed by atoms with Crippen LogP contribution in [0, 0.1) is 6.92 Å². The van der Waals surface area contributed by atoms with Crippen molar-refractivity contribution < 1.29 is 4.74 Å². The molecule has 0 fully saturated rings. The maximum Gasteiger partial charge on any atom is 0.119 e. The molecule has 0 saturated heterocycles. The Kier molecular flexibility index (Phi) is 4.96. The SMILES string of the molecule is Cc1ccc(OCCCSc2ccc3ccccc3n2)cc1. The second-order valence-electron chi connectivity index (χ2n) is 5.21. The summed E-state index contributed by atoms with van der Waals surface area (Å²) in [6, 6.07) is 20.6. The van der Waals surface area contributed by atoms with Crippen LogP contribution in [0.2, 0.25) is 0 Å². The fourth-order valence-corrected chi connectivity index (χ4v) is 2.99. The van der Waals surface area contributed by atoms with Gasteiger partial charge in [0.15, 0.2) is 0 Å². The van der Waals surface area contributed by atoms with Crippen molar-refractivity contribution in [3.8, 4) is 5.75 Å². The van der Waals surface area contributed by atoms with Gasteiger partial charge in [-0.1, -0.05) is 42.0 Å². The lowest BCUT2D eigenvalue weighted by atomic mass is 10.2. The van der Waals surface area contributed by atoms with Gasteiger partial charge in [-0.3, -0.25) is 0 Å². The molecule has 2 aromatic carbocycles. The predicted octanol–water partition coefficient (Wildman–Crippen LogP) is 5.10. The minimum Gasteiger partial charge on any atom is -0.494 e. The summed E-state index contributed by atoms with van der Waals surface area (Å²) in [4.78, 5) is 4.66. The molecule has 0 radical (unpaired) electrons. The zero-order valence-electron chi connectivity index (χ0n) is 12.7. The third-order valence-corrected chi connectivity index (χ3v) is 4.42. The third-order valence-electron chi connectivity index (χ3n) is 3.40. The summed E-state index contributed by atoms with van der Waals surface area (Å²) >= 11 is 1.78. The van der Waals surface area contributed by atoms with Gasteiger partial charge >= 0.3 is 0 Å². The maximum absolute atomic E-state index is 5.74. The Hall–Kier alpha value is -2.00. The van der Waals surface area contributed by atoms with E-state index in [1.54, 1.807) is 11.8 Å². The summed E-state index contributed by atoms with van der Waals surface area (Å²) in [5.41, 5.74) is 2.31. The van der Waals surface area contributed by atoms with Crippen LogP contribution in [0.1, 0.15) is 12.0 Å². The quantitative estimate of drug-likeness (QED) is 0.467. The molecule has 112 valence electrons. The zero-order chi connectivity index (χ0) is 15.2. The molecule has 0 aliphatic carbocycles. The number of aromatic nitrogens is 1. The molecule has 0 aliphatic rings. The molecule has 0 N–H and O–H groups in total. The Morgan fingerprint density at radius 3 is 2.64 bits per heavy atom. The molecule has 0 saturated carbocycles. The summed E-state index contributed by atoms with van der Waals surface area (Å²) in [5.74, 6) is 1.96. The third kappa shape index (κ3) is 4.01. The van der Waals surface area contributed by atoms with E-state index >= 15 is 0 Å².